The highest BCUT2D eigenvalue weighted by Gasteiger charge is 2.16. The van der Waals surface area contributed by atoms with Gasteiger partial charge in [0.2, 0.25) is 5.91 Å². The average Bonchev–Trinajstić information content (AvgIpc) is 3.03. The third-order valence-corrected chi connectivity index (χ3v) is 4.22. The van der Waals surface area contributed by atoms with E-state index >= 15 is 0 Å². The minimum atomic E-state index is -0.582. The molecule has 0 aliphatic rings. The van der Waals surface area contributed by atoms with Crippen molar-refractivity contribution >= 4 is 16.8 Å². The molecule has 5 heteroatoms. The normalized spacial score (nSPS) is 12.2. The lowest BCUT2D eigenvalue weighted by Crippen LogP contribution is -2.41. The summed E-state index contributed by atoms with van der Waals surface area (Å²) in [6.07, 6.45) is 2.42. The summed E-state index contributed by atoms with van der Waals surface area (Å²) in [4.78, 5) is 15.5. The van der Waals surface area contributed by atoms with Crippen LogP contribution in [0.5, 0.6) is 0 Å². The second kappa shape index (κ2) is 7.96. The molecule has 3 aromatic rings. The number of benzene rings is 2. The number of carbonyl (C=O) groups excluding carboxylic acids is 1. The van der Waals surface area contributed by atoms with Crippen LogP contribution >= 0.6 is 0 Å². The van der Waals surface area contributed by atoms with E-state index in [2.05, 4.69) is 10.3 Å². The minimum absolute atomic E-state index is 0.151. The summed E-state index contributed by atoms with van der Waals surface area (Å²) >= 11 is 0. The third-order valence-electron chi connectivity index (χ3n) is 4.22. The zero-order valence-electron chi connectivity index (χ0n) is 14.3. The van der Waals surface area contributed by atoms with Crippen LogP contribution in [0, 0.1) is 0 Å². The van der Waals surface area contributed by atoms with Gasteiger partial charge in [0, 0.05) is 30.8 Å². The van der Waals surface area contributed by atoms with E-state index in [0.717, 1.165) is 27.6 Å². The summed E-state index contributed by atoms with van der Waals surface area (Å²) in [6, 6.07) is 15.4. The van der Waals surface area contributed by atoms with Gasteiger partial charge in [0.15, 0.2) is 0 Å². The maximum absolute atomic E-state index is 12.3. The highest BCUT2D eigenvalue weighted by Crippen LogP contribution is 2.18. The van der Waals surface area contributed by atoms with Crippen molar-refractivity contribution in [1.82, 2.24) is 10.3 Å². The molecular formula is C20H23N3O2. The minimum Gasteiger partial charge on any atom is -0.380 e. The number of carbonyl (C=O) groups is 1. The molecule has 0 saturated heterocycles. The monoisotopic (exact) mass is 337 g/mol. The van der Waals surface area contributed by atoms with Crippen LogP contribution in [-0.2, 0) is 29.1 Å². The Bertz CT molecular complexity index is 857. The number of rotatable bonds is 7. The van der Waals surface area contributed by atoms with E-state index in [-0.39, 0.29) is 5.91 Å². The number of aromatic nitrogens is 1. The van der Waals surface area contributed by atoms with Crippen molar-refractivity contribution in [2.45, 2.75) is 25.6 Å². The van der Waals surface area contributed by atoms with Gasteiger partial charge in [0.1, 0.15) is 0 Å². The maximum atomic E-state index is 12.3. The van der Waals surface area contributed by atoms with Crippen LogP contribution in [0.15, 0.2) is 54.7 Å². The van der Waals surface area contributed by atoms with Gasteiger partial charge in [-0.3, -0.25) is 4.79 Å². The summed E-state index contributed by atoms with van der Waals surface area (Å²) in [6.45, 7) is 1.01. The van der Waals surface area contributed by atoms with E-state index in [9.17, 15) is 4.79 Å². The van der Waals surface area contributed by atoms with Crippen LogP contribution in [0.1, 0.15) is 16.7 Å². The van der Waals surface area contributed by atoms with Gasteiger partial charge in [-0.1, -0.05) is 42.5 Å². The Morgan fingerprint density at radius 2 is 2.00 bits per heavy atom. The zero-order valence-corrected chi connectivity index (χ0v) is 14.3. The summed E-state index contributed by atoms with van der Waals surface area (Å²) in [7, 11) is 1.66. The molecule has 0 radical (unpaired) electrons. The van der Waals surface area contributed by atoms with Gasteiger partial charge in [-0.05, 0) is 29.2 Å². The zero-order chi connectivity index (χ0) is 17.6. The maximum Gasteiger partial charge on any atom is 0.237 e. The lowest BCUT2D eigenvalue weighted by atomic mass is 10.0. The van der Waals surface area contributed by atoms with Crippen molar-refractivity contribution in [1.29, 1.82) is 0 Å². The Morgan fingerprint density at radius 1 is 1.20 bits per heavy atom. The van der Waals surface area contributed by atoms with Gasteiger partial charge in [0.05, 0.1) is 12.6 Å². The first-order valence-electron chi connectivity index (χ1n) is 8.32. The Labute approximate surface area is 147 Å². The highest BCUT2D eigenvalue weighted by atomic mass is 16.5. The number of nitrogens with two attached hydrogens (primary N) is 1. The molecule has 1 aromatic heterocycles. The van der Waals surface area contributed by atoms with Crippen molar-refractivity contribution in [2.24, 2.45) is 5.73 Å². The SMILES string of the molecule is COCc1cccc(CNC(=O)[C@@H](N)Cc2c[nH]c3ccccc23)c1. The summed E-state index contributed by atoms with van der Waals surface area (Å²) in [5, 5.41) is 4.02. The fourth-order valence-corrected chi connectivity index (χ4v) is 2.95. The predicted molar refractivity (Wildman–Crippen MR) is 99.0 cm³/mol. The molecule has 1 atom stereocenters. The van der Waals surface area contributed by atoms with Gasteiger partial charge >= 0.3 is 0 Å². The molecule has 130 valence electrons. The first-order valence-corrected chi connectivity index (χ1v) is 8.32. The number of nitrogens with one attached hydrogen (secondary N) is 2. The lowest BCUT2D eigenvalue weighted by molar-refractivity contribution is -0.122. The first-order chi connectivity index (χ1) is 12.2. The molecular weight excluding hydrogens is 314 g/mol. The Kier molecular flexibility index (Phi) is 5.48. The highest BCUT2D eigenvalue weighted by molar-refractivity contribution is 5.86. The molecule has 0 aliphatic carbocycles. The van der Waals surface area contributed by atoms with Gasteiger partial charge < -0.3 is 20.8 Å². The molecule has 0 bridgehead atoms. The van der Waals surface area contributed by atoms with Crippen LogP contribution in [0.4, 0.5) is 0 Å². The molecule has 5 nitrogen and oxygen atoms in total. The lowest BCUT2D eigenvalue weighted by Gasteiger charge is -2.12. The molecule has 2 aromatic carbocycles. The van der Waals surface area contributed by atoms with E-state index < -0.39 is 6.04 Å². The smallest absolute Gasteiger partial charge is 0.237 e. The van der Waals surface area contributed by atoms with Crippen LogP contribution in [-0.4, -0.2) is 24.0 Å². The van der Waals surface area contributed by atoms with Crippen LogP contribution < -0.4 is 11.1 Å². The third kappa shape index (κ3) is 4.26. The quantitative estimate of drug-likeness (QED) is 0.620. The largest absolute Gasteiger partial charge is 0.380 e. The van der Waals surface area contributed by atoms with Gasteiger partial charge in [0.25, 0.3) is 0 Å². The number of aromatic amines is 1. The van der Waals surface area contributed by atoms with E-state index in [1.807, 2.05) is 54.7 Å². The molecule has 0 fully saturated rings. The number of fused-ring (bicyclic) bond motifs is 1. The molecule has 1 amide bonds. The molecule has 25 heavy (non-hydrogen) atoms. The molecule has 0 unspecified atom stereocenters. The van der Waals surface area contributed by atoms with Crippen LogP contribution in [0.25, 0.3) is 10.9 Å². The second-order valence-electron chi connectivity index (χ2n) is 6.14. The summed E-state index contributed by atoms with van der Waals surface area (Å²) < 4.78 is 5.13. The Hall–Kier alpha value is -2.63. The van der Waals surface area contributed by atoms with E-state index in [0.29, 0.717) is 19.6 Å². The van der Waals surface area contributed by atoms with Crippen molar-refractivity contribution < 1.29 is 9.53 Å². The summed E-state index contributed by atoms with van der Waals surface area (Å²) in [5.74, 6) is -0.151. The average molecular weight is 337 g/mol. The van der Waals surface area contributed by atoms with Gasteiger partial charge in [-0.15, -0.1) is 0 Å². The molecule has 0 aliphatic heterocycles. The van der Waals surface area contributed by atoms with E-state index in [1.54, 1.807) is 7.11 Å². The number of H-pyrrole nitrogens is 1. The number of hydrogen-bond acceptors (Lipinski definition) is 3. The number of methoxy groups -OCH3 is 1. The fourth-order valence-electron chi connectivity index (χ4n) is 2.95. The molecule has 4 N–H and O–H groups in total. The van der Waals surface area contributed by atoms with Gasteiger partial charge in [-0.25, -0.2) is 0 Å². The number of ether oxygens (including phenoxy) is 1. The fraction of sp³-hybridized carbons (Fsp3) is 0.250. The Balaban J connectivity index is 1.58. The van der Waals surface area contributed by atoms with Crippen LogP contribution in [0.3, 0.4) is 0 Å². The van der Waals surface area contributed by atoms with Gasteiger partial charge in [-0.2, -0.15) is 0 Å². The molecule has 0 spiro atoms. The standard InChI is InChI=1S/C20H23N3O2/c1-25-13-15-6-4-5-14(9-15)11-23-20(24)18(21)10-16-12-22-19-8-3-2-7-17(16)19/h2-9,12,18,22H,10-11,13,21H2,1H3,(H,23,24)/t18-/m0/s1. The van der Waals surface area contributed by atoms with Crippen molar-refractivity contribution in [2.75, 3.05) is 7.11 Å². The molecule has 0 saturated carbocycles. The predicted octanol–water partition coefficient (Wildman–Crippen LogP) is 2.50. The van der Waals surface area contributed by atoms with Crippen molar-refractivity contribution in [3.05, 3.63) is 71.4 Å². The number of para-hydroxylation sites is 1. The number of amides is 1. The first kappa shape index (κ1) is 17.2. The molecule has 3 rings (SSSR count). The Morgan fingerprint density at radius 3 is 2.84 bits per heavy atom. The van der Waals surface area contributed by atoms with Crippen LogP contribution in [0.2, 0.25) is 0 Å². The topological polar surface area (TPSA) is 80.1 Å². The number of hydrogen-bond donors (Lipinski definition) is 3. The van der Waals surface area contributed by atoms with Crippen molar-refractivity contribution in [3.8, 4) is 0 Å². The van der Waals surface area contributed by atoms with E-state index in [1.165, 1.54) is 0 Å². The summed E-state index contributed by atoms with van der Waals surface area (Å²) in [5.41, 5.74) is 10.3. The molecule has 1 heterocycles. The van der Waals surface area contributed by atoms with Crippen molar-refractivity contribution in [3.63, 3.8) is 0 Å². The van der Waals surface area contributed by atoms with E-state index in [4.69, 9.17) is 10.5 Å². The second-order valence-corrected chi connectivity index (χ2v) is 6.14.